The quantitative estimate of drug-likeness (QED) is 0.642. The van der Waals surface area contributed by atoms with Crippen molar-refractivity contribution in [1.29, 1.82) is 0 Å². The van der Waals surface area contributed by atoms with Gasteiger partial charge in [0.25, 0.3) is 0 Å². The number of benzene rings is 2. The first-order chi connectivity index (χ1) is 13.8. The highest BCUT2D eigenvalue weighted by Gasteiger charge is 2.22. The second kappa shape index (κ2) is 10.5. The first-order valence-electron chi connectivity index (χ1n) is 9.98. The highest BCUT2D eigenvalue weighted by atomic mass is 32.2. The molecular formula is C22H31N3O3S. The predicted molar refractivity (Wildman–Crippen MR) is 117 cm³/mol. The standard InChI is InChI=1S/C22H31N3O3S/c1-5-24(16-19-11-9-8-10-12-19)17-22(26)23-21-15-20(14-13-18(21)4)29(27,28)25(6-2)7-3/h8-15H,5-7,16-17H2,1-4H3,(H,23,26). The van der Waals surface area contributed by atoms with Crippen molar-refractivity contribution < 1.29 is 13.2 Å². The van der Waals surface area contributed by atoms with E-state index < -0.39 is 10.0 Å². The van der Waals surface area contributed by atoms with Crippen LogP contribution >= 0.6 is 0 Å². The monoisotopic (exact) mass is 417 g/mol. The first kappa shape index (κ1) is 23.1. The number of nitrogens with zero attached hydrogens (tertiary/aromatic N) is 2. The number of carbonyl (C=O) groups is 1. The number of hydrogen-bond donors (Lipinski definition) is 1. The van der Waals surface area contributed by atoms with Crippen LogP contribution in [0.2, 0.25) is 0 Å². The van der Waals surface area contributed by atoms with Crippen molar-refractivity contribution in [1.82, 2.24) is 9.21 Å². The second-order valence-corrected chi connectivity index (χ2v) is 8.84. The van der Waals surface area contributed by atoms with Crippen LogP contribution in [0.5, 0.6) is 0 Å². The average molecular weight is 418 g/mol. The maximum atomic E-state index is 12.8. The molecule has 158 valence electrons. The summed E-state index contributed by atoms with van der Waals surface area (Å²) in [5, 5.41) is 2.88. The van der Waals surface area contributed by atoms with Gasteiger partial charge in [-0.25, -0.2) is 8.42 Å². The molecule has 0 saturated heterocycles. The highest BCUT2D eigenvalue weighted by Crippen LogP contribution is 2.23. The zero-order valence-electron chi connectivity index (χ0n) is 17.7. The molecule has 0 fully saturated rings. The molecule has 6 nitrogen and oxygen atoms in total. The van der Waals surface area contributed by atoms with E-state index >= 15 is 0 Å². The molecule has 2 aromatic carbocycles. The van der Waals surface area contributed by atoms with Gasteiger partial charge in [0.05, 0.1) is 11.4 Å². The van der Waals surface area contributed by atoms with Crippen molar-refractivity contribution in [2.24, 2.45) is 0 Å². The maximum Gasteiger partial charge on any atom is 0.243 e. The van der Waals surface area contributed by atoms with E-state index in [0.29, 0.717) is 25.3 Å². The lowest BCUT2D eigenvalue weighted by atomic mass is 10.2. The van der Waals surface area contributed by atoms with Crippen LogP contribution in [0.3, 0.4) is 0 Å². The summed E-state index contributed by atoms with van der Waals surface area (Å²) in [5.41, 5.74) is 2.49. The number of rotatable bonds is 10. The Hall–Kier alpha value is -2.22. The van der Waals surface area contributed by atoms with E-state index in [1.54, 1.807) is 18.2 Å². The average Bonchev–Trinajstić information content (AvgIpc) is 2.70. The summed E-state index contributed by atoms with van der Waals surface area (Å²) < 4.78 is 27.0. The second-order valence-electron chi connectivity index (χ2n) is 6.90. The summed E-state index contributed by atoms with van der Waals surface area (Å²) in [4.78, 5) is 14.9. The number of sulfonamides is 1. The van der Waals surface area contributed by atoms with Crippen molar-refractivity contribution in [3.63, 3.8) is 0 Å². The van der Waals surface area contributed by atoms with Gasteiger partial charge in [-0.3, -0.25) is 9.69 Å². The van der Waals surface area contributed by atoms with Crippen LogP contribution in [0.15, 0.2) is 53.4 Å². The molecule has 0 saturated carbocycles. The zero-order chi connectivity index (χ0) is 21.4. The Kier molecular flexibility index (Phi) is 8.37. The fourth-order valence-corrected chi connectivity index (χ4v) is 4.61. The van der Waals surface area contributed by atoms with Gasteiger partial charge in [-0.05, 0) is 36.7 Å². The molecule has 0 unspecified atom stereocenters. The van der Waals surface area contributed by atoms with Crippen molar-refractivity contribution in [3.05, 3.63) is 59.7 Å². The van der Waals surface area contributed by atoms with Crippen LogP contribution in [0.25, 0.3) is 0 Å². The molecule has 0 spiro atoms. The summed E-state index contributed by atoms with van der Waals surface area (Å²) in [7, 11) is -3.57. The minimum Gasteiger partial charge on any atom is -0.325 e. The molecule has 1 N–H and O–H groups in total. The Balaban J connectivity index is 2.13. The van der Waals surface area contributed by atoms with Gasteiger partial charge in [0.15, 0.2) is 0 Å². The van der Waals surface area contributed by atoms with E-state index in [9.17, 15) is 13.2 Å². The number of nitrogens with one attached hydrogen (secondary N) is 1. The van der Waals surface area contributed by atoms with E-state index in [1.165, 1.54) is 4.31 Å². The van der Waals surface area contributed by atoms with Gasteiger partial charge in [0.2, 0.25) is 15.9 Å². The molecule has 0 radical (unpaired) electrons. The third kappa shape index (κ3) is 6.13. The van der Waals surface area contributed by atoms with Gasteiger partial charge in [0, 0.05) is 25.3 Å². The summed E-state index contributed by atoms with van der Waals surface area (Å²) in [6.07, 6.45) is 0. The minimum atomic E-state index is -3.57. The van der Waals surface area contributed by atoms with Crippen molar-refractivity contribution in [2.45, 2.75) is 39.1 Å². The maximum absolute atomic E-state index is 12.8. The van der Waals surface area contributed by atoms with Gasteiger partial charge < -0.3 is 5.32 Å². The van der Waals surface area contributed by atoms with Gasteiger partial charge in [-0.2, -0.15) is 4.31 Å². The van der Waals surface area contributed by atoms with Gasteiger partial charge in [-0.15, -0.1) is 0 Å². The van der Waals surface area contributed by atoms with Gasteiger partial charge in [-0.1, -0.05) is 57.2 Å². The molecule has 0 aliphatic rings. The first-order valence-corrected chi connectivity index (χ1v) is 11.4. The normalized spacial score (nSPS) is 11.8. The van der Waals surface area contributed by atoms with Crippen molar-refractivity contribution in [3.8, 4) is 0 Å². The van der Waals surface area contributed by atoms with Gasteiger partial charge in [0.1, 0.15) is 0 Å². The molecule has 1 amide bonds. The van der Waals surface area contributed by atoms with E-state index in [4.69, 9.17) is 0 Å². The Bertz CT molecular complexity index is 910. The molecule has 2 rings (SSSR count). The number of aryl methyl sites for hydroxylation is 1. The molecule has 0 aliphatic heterocycles. The van der Waals surface area contributed by atoms with Crippen molar-refractivity contribution in [2.75, 3.05) is 31.5 Å². The van der Waals surface area contributed by atoms with Crippen LogP contribution in [0.1, 0.15) is 31.9 Å². The summed E-state index contributed by atoms with van der Waals surface area (Å²) in [6.45, 7) is 9.94. The lowest BCUT2D eigenvalue weighted by Gasteiger charge is -2.21. The number of amides is 1. The number of hydrogen-bond acceptors (Lipinski definition) is 4. The third-order valence-corrected chi connectivity index (χ3v) is 6.94. The fourth-order valence-electron chi connectivity index (χ4n) is 3.12. The Morgan fingerprint density at radius 3 is 2.21 bits per heavy atom. The summed E-state index contributed by atoms with van der Waals surface area (Å²) in [6, 6.07) is 14.9. The van der Waals surface area contributed by atoms with Crippen LogP contribution in [-0.4, -0.2) is 49.7 Å². The molecule has 2 aromatic rings. The number of carbonyl (C=O) groups excluding carboxylic acids is 1. The molecule has 0 heterocycles. The smallest absolute Gasteiger partial charge is 0.243 e. The molecule has 0 bridgehead atoms. The molecule has 0 aromatic heterocycles. The van der Waals surface area contributed by atoms with E-state index in [1.807, 2.05) is 62.9 Å². The van der Waals surface area contributed by atoms with Gasteiger partial charge >= 0.3 is 0 Å². The van der Waals surface area contributed by atoms with Crippen LogP contribution in [-0.2, 0) is 21.4 Å². The van der Waals surface area contributed by atoms with Crippen LogP contribution < -0.4 is 5.32 Å². The molecular weight excluding hydrogens is 386 g/mol. The Labute approximate surface area is 174 Å². The topological polar surface area (TPSA) is 69.7 Å². The molecule has 29 heavy (non-hydrogen) atoms. The van der Waals surface area contributed by atoms with E-state index in [2.05, 4.69) is 5.32 Å². The molecule has 0 aliphatic carbocycles. The van der Waals surface area contributed by atoms with E-state index in [0.717, 1.165) is 17.7 Å². The highest BCUT2D eigenvalue weighted by molar-refractivity contribution is 7.89. The van der Waals surface area contributed by atoms with Crippen LogP contribution in [0, 0.1) is 6.92 Å². The lowest BCUT2D eigenvalue weighted by Crippen LogP contribution is -2.33. The number of likely N-dealkylation sites (N-methyl/N-ethyl adjacent to an activating group) is 1. The fraction of sp³-hybridized carbons (Fsp3) is 0.409. The largest absolute Gasteiger partial charge is 0.325 e. The Morgan fingerprint density at radius 1 is 0.966 bits per heavy atom. The zero-order valence-corrected chi connectivity index (χ0v) is 18.5. The van der Waals surface area contributed by atoms with E-state index in [-0.39, 0.29) is 17.3 Å². The SMILES string of the molecule is CCN(CC(=O)Nc1cc(S(=O)(=O)N(CC)CC)ccc1C)Cc1ccccc1. The number of anilines is 1. The molecule has 7 heteroatoms. The summed E-state index contributed by atoms with van der Waals surface area (Å²) in [5.74, 6) is -0.164. The lowest BCUT2D eigenvalue weighted by molar-refractivity contribution is -0.117. The predicted octanol–water partition coefficient (Wildman–Crippen LogP) is 3.49. The third-order valence-electron chi connectivity index (χ3n) is 4.89. The van der Waals surface area contributed by atoms with Crippen molar-refractivity contribution >= 4 is 21.6 Å². The van der Waals surface area contributed by atoms with Crippen LogP contribution in [0.4, 0.5) is 5.69 Å². The molecule has 0 atom stereocenters. The summed E-state index contributed by atoms with van der Waals surface area (Å²) >= 11 is 0. The Morgan fingerprint density at radius 2 is 1.62 bits per heavy atom. The minimum absolute atomic E-state index is 0.164.